The maximum Gasteiger partial charge on any atom is 0.292 e. The third-order valence-corrected chi connectivity index (χ3v) is 5.53. The standard InChI is InChI=1S/C22H19N5O4S/c1-30-15-9-7-14(8-10-15)27-22(29)18-16(12-32-20(18)23)19(26-27)21(28)25-24-11-13-5-3-4-6-17(13)31-2/h3-12H,23H2,1-2H3,(H,25,28)/b24-11-. The number of nitrogens with zero attached hydrogens (tertiary/aromatic N) is 3. The van der Waals surface area contributed by atoms with Gasteiger partial charge in [-0.05, 0) is 36.4 Å². The highest BCUT2D eigenvalue weighted by Crippen LogP contribution is 2.27. The molecule has 2 aromatic carbocycles. The van der Waals surface area contributed by atoms with Crippen molar-refractivity contribution in [1.29, 1.82) is 0 Å². The number of hydrazone groups is 1. The first-order chi connectivity index (χ1) is 15.5. The first kappa shape index (κ1) is 21.1. The molecule has 10 heteroatoms. The van der Waals surface area contributed by atoms with Gasteiger partial charge in [0, 0.05) is 16.3 Å². The number of para-hydroxylation sites is 1. The predicted octanol–water partition coefficient (Wildman–Crippen LogP) is 2.81. The van der Waals surface area contributed by atoms with Crippen LogP contribution in [0.25, 0.3) is 16.5 Å². The smallest absolute Gasteiger partial charge is 0.292 e. The SMILES string of the molecule is COc1ccc(-n2nc(C(=O)N/N=C\c3ccccc3OC)c3csc(N)c3c2=O)cc1. The van der Waals surface area contributed by atoms with Crippen LogP contribution in [-0.2, 0) is 0 Å². The first-order valence-electron chi connectivity index (χ1n) is 9.44. The second-order valence-electron chi connectivity index (χ2n) is 6.59. The molecule has 2 aromatic heterocycles. The lowest BCUT2D eigenvalue weighted by Gasteiger charge is -2.09. The molecule has 32 heavy (non-hydrogen) atoms. The van der Waals surface area contributed by atoms with Crippen LogP contribution in [0.4, 0.5) is 5.00 Å². The number of ether oxygens (including phenoxy) is 2. The third-order valence-electron chi connectivity index (χ3n) is 4.72. The van der Waals surface area contributed by atoms with Gasteiger partial charge in [0.1, 0.15) is 11.5 Å². The van der Waals surface area contributed by atoms with E-state index in [1.807, 2.05) is 12.1 Å². The van der Waals surface area contributed by atoms with Crippen molar-refractivity contribution in [3.8, 4) is 17.2 Å². The molecule has 2 heterocycles. The zero-order valence-electron chi connectivity index (χ0n) is 17.2. The molecule has 0 aliphatic carbocycles. The van der Waals surface area contributed by atoms with Gasteiger partial charge >= 0.3 is 0 Å². The lowest BCUT2D eigenvalue weighted by Crippen LogP contribution is -2.28. The van der Waals surface area contributed by atoms with E-state index in [1.165, 1.54) is 17.6 Å². The van der Waals surface area contributed by atoms with Crippen molar-refractivity contribution in [1.82, 2.24) is 15.2 Å². The van der Waals surface area contributed by atoms with Crippen molar-refractivity contribution < 1.29 is 14.3 Å². The summed E-state index contributed by atoms with van der Waals surface area (Å²) in [7, 11) is 3.10. The van der Waals surface area contributed by atoms with Crippen LogP contribution in [0, 0.1) is 0 Å². The fourth-order valence-electron chi connectivity index (χ4n) is 3.13. The number of carbonyl (C=O) groups excluding carboxylic acids is 1. The summed E-state index contributed by atoms with van der Waals surface area (Å²) < 4.78 is 11.6. The number of methoxy groups -OCH3 is 2. The van der Waals surface area contributed by atoms with Crippen LogP contribution in [0.5, 0.6) is 11.5 Å². The number of fused-ring (bicyclic) bond motifs is 1. The van der Waals surface area contributed by atoms with Crippen LogP contribution < -0.4 is 26.2 Å². The summed E-state index contributed by atoms with van der Waals surface area (Å²) in [4.78, 5) is 25.9. The highest BCUT2D eigenvalue weighted by Gasteiger charge is 2.20. The monoisotopic (exact) mass is 449 g/mol. The molecule has 162 valence electrons. The Morgan fingerprint density at radius 3 is 2.62 bits per heavy atom. The third kappa shape index (κ3) is 3.91. The number of anilines is 1. The number of rotatable bonds is 6. The molecule has 3 N–H and O–H groups in total. The molecular weight excluding hydrogens is 430 g/mol. The normalized spacial score (nSPS) is 11.1. The number of benzene rings is 2. The topological polar surface area (TPSA) is 121 Å². The summed E-state index contributed by atoms with van der Waals surface area (Å²) in [5.74, 6) is 0.660. The van der Waals surface area contributed by atoms with Crippen LogP contribution in [0.2, 0.25) is 0 Å². The van der Waals surface area contributed by atoms with E-state index >= 15 is 0 Å². The van der Waals surface area contributed by atoms with Crippen molar-refractivity contribution in [3.05, 3.63) is 75.5 Å². The van der Waals surface area contributed by atoms with Crippen LogP contribution in [-0.4, -0.2) is 36.1 Å². The lowest BCUT2D eigenvalue weighted by atomic mass is 10.2. The molecule has 0 atom stereocenters. The van der Waals surface area contributed by atoms with Gasteiger partial charge in [-0.2, -0.15) is 14.9 Å². The number of thiophene rings is 1. The Bertz CT molecular complexity index is 1380. The average molecular weight is 449 g/mol. The van der Waals surface area contributed by atoms with Crippen molar-refractivity contribution in [2.75, 3.05) is 20.0 Å². The van der Waals surface area contributed by atoms with E-state index in [9.17, 15) is 9.59 Å². The molecule has 1 amide bonds. The number of amides is 1. The van der Waals surface area contributed by atoms with Crippen LogP contribution in [0.15, 0.2) is 63.8 Å². The number of nitrogens with two attached hydrogens (primary N) is 1. The van der Waals surface area contributed by atoms with E-state index in [-0.39, 0.29) is 11.1 Å². The molecule has 0 saturated heterocycles. The second kappa shape index (κ2) is 8.90. The van der Waals surface area contributed by atoms with Crippen LogP contribution >= 0.6 is 11.3 Å². The molecule has 0 saturated carbocycles. The van der Waals surface area contributed by atoms with Crippen LogP contribution in [0.3, 0.4) is 0 Å². The summed E-state index contributed by atoms with van der Waals surface area (Å²) in [5, 5.41) is 10.9. The fraction of sp³-hybridized carbons (Fsp3) is 0.0909. The minimum atomic E-state index is -0.582. The fourth-order valence-corrected chi connectivity index (χ4v) is 3.92. The van der Waals surface area contributed by atoms with E-state index in [1.54, 1.807) is 56.0 Å². The van der Waals surface area contributed by atoms with Crippen molar-refractivity contribution in [2.45, 2.75) is 0 Å². The Morgan fingerprint density at radius 1 is 1.16 bits per heavy atom. The van der Waals surface area contributed by atoms with Gasteiger partial charge in [-0.15, -0.1) is 11.3 Å². The Morgan fingerprint density at radius 2 is 1.91 bits per heavy atom. The number of nitrogen functional groups attached to an aromatic ring is 1. The second-order valence-corrected chi connectivity index (χ2v) is 7.50. The molecule has 0 radical (unpaired) electrons. The van der Waals surface area contributed by atoms with Crippen LogP contribution in [0.1, 0.15) is 16.1 Å². The average Bonchev–Trinajstić information content (AvgIpc) is 3.21. The Hall–Kier alpha value is -4.18. The lowest BCUT2D eigenvalue weighted by molar-refractivity contribution is 0.0950. The number of aromatic nitrogens is 2. The summed E-state index contributed by atoms with van der Waals surface area (Å²) in [6.07, 6.45) is 1.47. The van der Waals surface area contributed by atoms with Gasteiger partial charge in [0.05, 0.1) is 36.5 Å². The van der Waals surface area contributed by atoms with Gasteiger partial charge in [0.25, 0.3) is 11.5 Å². The Balaban J connectivity index is 1.73. The summed E-state index contributed by atoms with van der Waals surface area (Å²) in [6, 6.07) is 14.0. The molecular formula is C22H19N5O4S. The van der Waals surface area contributed by atoms with E-state index in [0.29, 0.717) is 33.1 Å². The maximum absolute atomic E-state index is 13.0. The van der Waals surface area contributed by atoms with Gasteiger partial charge in [-0.25, -0.2) is 5.43 Å². The Labute approximate surface area is 186 Å². The molecule has 0 unspecified atom stereocenters. The van der Waals surface area contributed by atoms with Gasteiger partial charge in [0.2, 0.25) is 0 Å². The highest BCUT2D eigenvalue weighted by molar-refractivity contribution is 7.15. The van der Waals surface area contributed by atoms with E-state index in [4.69, 9.17) is 15.2 Å². The molecule has 4 aromatic rings. The van der Waals surface area contributed by atoms with E-state index in [2.05, 4.69) is 15.6 Å². The molecule has 0 aliphatic heterocycles. The largest absolute Gasteiger partial charge is 0.497 e. The zero-order valence-corrected chi connectivity index (χ0v) is 18.1. The van der Waals surface area contributed by atoms with Crippen molar-refractivity contribution in [3.63, 3.8) is 0 Å². The van der Waals surface area contributed by atoms with Crippen molar-refractivity contribution in [2.24, 2.45) is 5.10 Å². The van der Waals surface area contributed by atoms with Gasteiger partial charge in [-0.3, -0.25) is 9.59 Å². The number of nitrogens with one attached hydrogen (secondary N) is 1. The minimum Gasteiger partial charge on any atom is -0.497 e. The molecule has 0 fully saturated rings. The molecule has 4 rings (SSSR count). The maximum atomic E-state index is 13.0. The molecule has 0 aliphatic rings. The first-order valence-corrected chi connectivity index (χ1v) is 10.3. The summed E-state index contributed by atoms with van der Waals surface area (Å²) in [6.45, 7) is 0. The number of carbonyl (C=O) groups is 1. The Kier molecular flexibility index (Phi) is 5.86. The summed E-state index contributed by atoms with van der Waals surface area (Å²) in [5.41, 5.74) is 9.25. The quantitative estimate of drug-likeness (QED) is 0.345. The molecule has 0 spiro atoms. The van der Waals surface area contributed by atoms with E-state index in [0.717, 1.165) is 4.68 Å². The van der Waals surface area contributed by atoms with Gasteiger partial charge in [-0.1, -0.05) is 12.1 Å². The minimum absolute atomic E-state index is 0.0283. The number of hydrogen-bond acceptors (Lipinski definition) is 8. The van der Waals surface area contributed by atoms with Crippen molar-refractivity contribution >= 4 is 39.2 Å². The van der Waals surface area contributed by atoms with Gasteiger partial charge in [0.15, 0.2) is 5.69 Å². The van der Waals surface area contributed by atoms with Gasteiger partial charge < -0.3 is 15.2 Å². The highest BCUT2D eigenvalue weighted by atomic mass is 32.1. The predicted molar refractivity (Wildman–Crippen MR) is 124 cm³/mol. The molecule has 9 nitrogen and oxygen atoms in total. The zero-order chi connectivity index (χ0) is 22.7. The molecule has 0 bridgehead atoms. The number of hydrogen-bond donors (Lipinski definition) is 2. The summed E-state index contributed by atoms with van der Waals surface area (Å²) >= 11 is 1.17. The van der Waals surface area contributed by atoms with E-state index < -0.39 is 11.5 Å².